The molecule has 0 bridgehead atoms. The molecule has 25 heavy (non-hydrogen) atoms. The summed E-state index contributed by atoms with van der Waals surface area (Å²) in [5.41, 5.74) is 0.353. The number of carbonyl (C=O) groups excluding carboxylic acids is 1. The molecular weight excluding hydrogens is 324 g/mol. The smallest absolute Gasteiger partial charge is 0.257 e. The van der Waals surface area contributed by atoms with Crippen LogP contribution in [0, 0.1) is 0 Å². The van der Waals surface area contributed by atoms with E-state index in [0.29, 0.717) is 17.4 Å². The summed E-state index contributed by atoms with van der Waals surface area (Å²) in [4.78, 5) is 12.6. The van der Waals surface area contributed by atoms with Gasteiger partial charge in [-0.25, -0.2) is 0 Å². The normalized spacial score (nSPS) is 16.2. The van der Waals surface area contributed by atoms with Crippen molar-refractivity contribution in [3.05, 3.63) is 30.2 Å². The first-order valence-electron chi connectivity index (χ1n) is 8.21. The summed E-state index contributed by atoms with van der Waals surface area (Å²) in [7, 11) is 0. The number of hydrogen-bond donors (Lipinski definition) is 2. The Kier molecular flexibility index (Phi) is 3.96. The summed E-state index contributed by atoms with van der Waals surface area (Å²) in [6, 6.07) is 0.127. The monoisotopic (exact) mass is 342 g/mol. The first kappa shape index (κ1) is 15.4. The molecule has 0 aliphatic heterocycles. The summed E-state index contributed by atoms with van der Waals surface area (Å²) in [5, 5.41) is 28.7. The van der Waals surface area contributed by atoms with Crippen molar-refractivity contribution in [2.45, 2.75) is 44.7 Å². The molecule has 0 radical (unpaired) electrons. The minimum absolute atomic E-state index is 0.285. The zero-order chi connectivity index (χ0) is 17.2. The summed E-state index contributed by atoms with van der Waals surface area (Å²) >= 11 is 0. The highest BCUT2D eigenvalue weighted by atomic mass is 16.1. The van der Waals surface area contributed by atoms with Gasteiger partial charge in [-0.15, -0.1) is 15.3 Å². The maximum atomic E-state index is 12.6. The number of amides is 1. The summed E-state index contributed by atoms with van der Waals surface area (Å²) < 4.78 is 3.43. The number of aromatic nitrogens is 9. The lowest BCUT2D eigenvalue weighted by Gasteiger charge is -2.18. The van der Waals surface area contributed by atoms with Crippen molar-refractivity contribution in [1.29, 1.82) is 0 Å². The third kappa shape index (κ3) is 2.88. The molecule has 11 heteroatoms. The topological polar surface area (TPSA) is 132 Å². The Bertz CT molecular complexity index is 845. The lowest BCUT2D eigenvalue weighted by molar-refractivity contribution is 0.0937. The van der Waals surface area contributed by atoms with Crippen LogP contribution in [0.3, 0.4) is 0 Å². The molecule has 0 saturated heterocycles. The predicted octanol–water partition coefficient (Wildman–Crippen LogP) is 0.583. The standard InChI is InChI=1S/C14H18N10O/c1-9(12-19-16-7-23(12)10-4-2-3-5-10)18-14(25)11-6-15-20-13(11)24-8-17-21-22-24/h6-10H,2-5H2,1H3,(H,15,20)(H,18,25). The zero-order valence-electron chi connectivity index (χ0n) is 13.7. The molecule has 1 unspecified atom stereocenters. The molecule has 3 aromatic heterocycles. The first-order valence-corrected chi connectivity index (χ1v) is 8.21. The molecule has 3 aromatic rings. The number of nitrogens with one attached hydrogen (secondary N) is 2. The van der Waals surface area contributed by atoms with E-state index in [1.54, 1.807) is 6.33 Å². The first-order chi connectivity index (χ1) is 12.2. The van der Waals surface area contributed by atoms with Gasteiger partial charge >= 0.3 is 0 Å². The van der Waals surface area contributed by atoms with Crippen molar-refractivity contribution < 1.29 is 4.79 Å². The van der Waals surface area contributed by atoms with Gasteiger partial charge in [0.25, 0.3) is 5.91 Å². The maximum Gasteiger partial charge on any atom is 0.257 e. The van der Waals surface area contributed by atoms with E-state index < -0.39 is 0 Å². The van der Waals surface area contributed by atoms with Crippen LogP contribution in [0.1, 0.15) is 60.9 Å². The molecule has 3 heterocycles. The van der Waals surface area contributed by atoms with Gasteiger partial charge in [-0.1, -0.05) is 12.8 Å². The number of hydrogen-bond acceptors (Lipinski definition) is 7. The number of tetrazole rings is 1. The van der Waals surface area contributed by atoms with E-state index >= 15 is 0 Å². The zero-order valence-corrected chi connectivity index (χ0v) is 13.7. The van der Waals surface area contributed by atoms with Gasteiger partial charge in [-0.3, -0.25) is 9.89 Å². The molecule has 0 spiro atoms. The van der Waals surface area contributed by atoms with Crippen LogP contribution in [0.2, 0.25) is 0 Å². The average molecular weight is 342 g/mol. The van der Waals surface area contributed by atoms with Gasteiger partial charge in [-0.2, -0.15) is 9.78 Å². The quantitative estimate of drug-likeness (QED) is 0.693. The molecule has 1 saturated carbocycles. The molecule has 2 N–H and O–H groups in total. The van der Waals surface area contributed by atoms with Crippen LogP contribution in [-0.4, -0.2) is 51.1 Å². The fourth-order valence-electron chi connectivity index (χ4n) is 3.25. The van der Waals surface area contributed by atoms with E-state index in [-0.39, 0.29) is 11.9 Å². The molecule has 1 atom stereocenters. The van der Waals surface area contributed by atoms with Crippen molar-refractivity contribution in [3.63, 3.8) is 0 Å². The Morgan fingerprint density at radius 2 is 2.16 bits per heavy atom. The Morgan fingerprint density at radius 1 is 1.32 bits per heavy atom. The Morgan fingerprint density at radius 3 is 2.92 bits per heavy atom. The van der Waals surface area contributed by atoms with Crippen LogP contribution < -0.4 is 5.32 Å². The molecule has 1 aliphatic rings. The second kappa shape index (κ2) is 6.42. The number of carbonyl (C=O) groups is 1. The summed E-state index contributed by atoms with van der Waals surface area (Å²) in [6.45, 7) is 1.89. The van der Waals surface area contributed by atoms with Crippen molar-refractivity contribution in [2.24, 2.45) is 0 Å². The number of H-pyrrole nitrogens is 1. The lowest BCUT2D eigenvalue weighted by Crippen LogP contribution is -2.29. The van der Waals surface area contributed by atoms with Gasteiger partial charge in [0.1, 0.15) is 18.2 Å². The van der Waals surface area contributed by atoms with Gasteiger partial charge in [-0.05, 0) is 30.2 Å². The fourth-order valence-corrected chi connectivity index (χ4v) is 3.25. The Hall–Kier alpha value is -3.11. The highest BCUT2D eigenvalue weighted by Gasteiger charge is 2.25. The fraction of sp³-hybridized carbons (Fsp3) is 0.500. The third-order valence-corrected chi connectivity index (χ3v) is 4.50. The predicted molar refractivity (Wildman–Crippen MR) is 84.7 cm³/mol. The van der Waals surface area contributed by atoms with Crippen LogP contribution in [0.25, 0.3) is 5.82 Å². The molecule has 0 aromatic carbocycles. The second-order valence-corrected chi connectivity index (χ2v) is 6.12. The Balaban J connectivity index is 1.52. The molecule has 4 rings (SSSR count). The van der Waals surface area contributed by atoms with Crippen molar-refractivity contribution in [1.82, 2.24) is 50.5 Å². The van der Waals surface area contributed by atoms with Crippen LogP contribution in [-0.2, 0) is 0 Å². The van der Waals surface area contributed by atoms with Crippen LogP contribution >= 0.6 is 0 Å². The third-order valence-electron chi connectivity index (χ3n) is 4.50. The van der Waals surface area contributed by atoms with Crippen molar-refractivity contribution in [3.8, 4) is 5.82 Å². The van der Waals surface area contributed by atoms with Crippen molar-refractivity contribution >= 4 is 5.91 Å². The van der Waals surface area contributed by atoms with E-state index in [4.69, 9.17) is 0 Å². The minimum atomic E-state index is -0.285. The molecule has 1 aliphatic carbocycles. The molecule has 1 fully saturated rings. The van der Waals surface area contributed by atoms with E-state index in [1.165, 1.54) is 30.0 Å². The van der Waals surface area contributed by atoms with Gasteiger partial charge in [0.05, 0.1) is 12.2 Å². The van der Waals surface area contributed by atoms with Gasteiger partial charge < -0.3 is 9.88 Å². The maximum absolute atomic E-state index is 12.6. The van der Waals surface area contributed by atoms with Gasteiger partial charge in [0.2, 0.25) is 0 Å². The number of rotatable bonds is 5. The van der Waals surface area contributed by atoms with Crippen LogP contribution in [0.4, 0.5) is 0 Å². The molecule has 11 nitrogen and oxygen atoms in total. The van der Waals surface area contributed by atoms with E-state index in [2.05, 4.69) is 45.8 Å². The highest BCUT2D eigenvalue weighted by molar-refractivity contribution is 5.97. The van der Waals surface area contributed by atoms with E-state index in [9.17, 15) is 4.79 Å². The summed E-state index contributed by atoms with van der Waals surface area (Å²) in [5.74, 6) is 0.882. The van der Waals surface area contributed by atoms with E-state index in [1.807, 2.05) is 6.92 Å². The Labute approximate surface area is 142 Å². The summed E-state index contributed by atoms with van der Waals surface area (Å²) in [6.07, 6.45) is 9.26. The SMILES string of the molecule is CC(NC(=O)c1cn[nH]c1-n1cnnn1)c1nncn1C1CCCC1. The van der Waals surface area contributed by atoms with Gasteiger partial charge in [0.15, 0.2) is 11.6 Å². The lowest BCUT2D eigenvalue weighted by atomic mass is 10.2. The van der Waals surface area contributed by atoms with Crippen LogP contribution in [0.5, 0.6) is 0 Å². The average Bonchev–Trinajstić information content (AvgIpc) is 3.43. The van der Waals surface area contributed by atoms with Crippen LogP contribution in [0.15, 0.2) is 18.9 Å². The molecule has 1 amide bonds. The molecule has 130 valence electrons. The van der Waals surface area contributed by atoms with E-state index in [0.717, 1.165) is 18.7 Å². The second-order valence-electron chi connectivity index (χ2n) is 6.12. The van der Waals surface area contributed by atoms with Crippen molar-refractivity contribution in [2.75, 3.05) is 0 Å². The number of aromatic amines is 1. The minimum Gasteiger partial charge on any atom is -0.342 e. The number of nitrogens with zero attached hydrogens (tertiary/aromatic N) is 8. The highest BCUT2D eigenvalue weighted by Crippen LogP contribution is 2.31. The van der Waals surface area contributed by atoms with Gasteiger partial charge in [0, 0.05) is 6.04 Å². The largest absolute Gasteiger partial charge is 0.342 e. The molecular formula is C14H18N10O.